The molecule has 0 aliphatic carbocycles. The maximum Gasteiger partial charge on any atom is 0.328 e. The highest BCUT2D eigenvalue weighted by Crippen LogP contribution is 2.27. The minimum atomic E-state index is -0.915. The van der Waals surface area contributed by atoms with E-state index in [1.807, 2.05) is 0 Å². The molecule has 0 atom stereocenters. The molecule has 3 N–H and O–H groups in total. The Morgan fingerprint density at radius 1 is 1.06 bits per heavy atom. The van der Waals surface area contributed by atoms with Crippen LogP contribution in [-0.4, -0.2) is 42.7 Å². The van der Waals surface area contributed by atoms with Crippen molar-refractivity contribution in [3.63, 3.8) is 0 Å². The zero-order valence-corrected chi connectivity index (χ0v) is 20.0. The monoisotopic (exact) mass is 540 g/mol. The molecule has 3 aromatic rings. The third-order valence-electron chi connectivity index (χ3n) is 4.41. The minimum absolute atomic E-state index is 0.102. The van der Waals surface area contributed by atoms with E-state index in [1.165, 1.54) is 10.7 Å². The molecule has 32 heavy (non-hydrogen) atoms. The predicted molar refractivity (Wildman–Crippen MR) is 128 cm³/mol. The van der Waals surface area contributed by atoms with Crippen molar-refractivity contribution in [2.45, 2.75) is 6.42 Å². The van der Waals surface area contributed by atoms with E-state index in [1.54, 1.807) is 43.5 Å². The van der Waals surface area contributed by atoms with Crippen LogP contribution < -0.4 is 16.1 Å². The molecule has 0 saturated heterocycles. The second-order valence-electron chi connectivity index (χ2n) is 6.69. The number of aromatic nitrogens is 1. The van der Waals surface area contributed by atoms with E-state index in [9.17, 15) is 14.4 Å². The number of nitrogens with zero attached hydrogens (tertiary/aromatic N) is 1. The van der Waals surface area contributed by atoms with E-state index in [-0.39, 0.29) is 17.3 Å². The first-order valence-corrected chi connectivity index (χ1v) is 11.0. The molecule has 0 aliphatic rings. The van der Waals surface area contributed by atoms with Crippen LogP contribution in [-0.2, 0) is 14.3 Å². The molecular formula is C21H19BrCl2N4O4. The van der Waals surface area contributed by atoms with Crippen molar-refractivity contribution < 1.29 is 19.1 Å². The third kappa shape index (κ3) is 5.80. The van der Waals surface area contributed by atoms with Crippen LogP contribution in [0.25, 0.3) is 10.9 Å². The maximum absolute atomic E-state index is 13.0. The number of halogens is 3. The number of hydrogen-bond acceptors (Lipinski definition) is 4. The quantitative estimate of drug-likeness (QED) is 0.308. The Kier molecular flexibility index (Phi) is 8.14. The van der Waals surface area contributed by atoms with Crippen molar-refractivity contribution in [1.29, 1.82) is 0 Å². The lowest BCUT2D eigenvalue weighted by atomic mass is 10.2. The normalized spacial score (nSPS) is 10.8. The van der Waals surface area contributed by atoms with Crippen LogP contribution in [0.15, 0.2) is 46.9 Å². The predicted octanol–water partition coefficient (Wildman–Crippen LogP) is 4.19. The molecule has 8 nitrogen and oxygen atoms in total. The summed E-state index contributed by atoms with van der Waals surface area (Å²) in [5.41, 5.74) is 3.47. The van der Waals surface area contributed by atoms with Crippen LogP contribution in [0.5, 0.6) is 0 Å². The fourth-order valence-corrected chi connectivity index (χ4v) is 3.74. The molecular weight excluding hydrogens is 523 g/mol. The number of ether oxygens (including phenoxy) is 1. The first kappa shape index (κ1) is 24.1. The topological polar surface area (TPSA) is 101 Å². The number of anilines is 1. The smallest absolute Gasteiger partial charge is 0.328 e. The number of hydrogen-bond donors (Lipinski definition) is 3. The van der Waals surface area contributed by atoms with Gasteiger partial charge >= 0.3 is 11.8 Å². The third-order valence-corrected chi connectivity index (χ3v) is 5.45. The van der Waals surface area contributed by atoms with E-state index in [0.29, 0.717) is 34.6 Å². The van der Waals surface area contributed by atoms with Gasteiger partial charge < -0.3 is 15.4 Å². The Bertz CT molecular complexity index is 1180. The van der Waals surface area contributed by atoms with E-state index in [0.717, 1.165) is 4.47 Å². The summed E-state index contributed by atoms with van der Waals surface area (Å²) in [5.74, 6) is -2.28. The Morgan fingerprint density at radius 2 is 1.84 bits per heavy atom. The molecule has 0 radical (unpaired) electrons. The molecule has 168 valence electrons. The van der Waals surface area contributed by atoms with Gasteiger partial charge in [0.05, 0.1) is 16.2 Å². The van der Waals surface area contributed by atoms with Crippen molar-refractivity contribution >= 4 is 73.4 Å². The molecule has 0 aliphatic heterocycles. The van der Waals surface area contributed by atoms with Gasteiger partial charge in [0.25, 0.3) is 5.91 Å². The van der Waals surface area contributed by atoms with Crippen molar-refractivity contribution in [3.05, 3.63) is 62.7 Å². The summed E-state index contributed by atoms with van der Waals surface area (Å²) in [4.78, 5) is 37.6. The lowest BCUT2D eigenvalue weighted by Gasteiger charge is -2.13. The van der Waals surface area contributed by atoms with Crippen LogP contribution >= 0.6 is 39.1 Å². The fraction of sp³-hybridized carbons (Fsp3) is 0.190. The first-order chi connectivity index (χ1) is 15.3. The van der Waals surface area contributed by atoms with E-state index < -0.39 is 17.7 Å². The van der Waals surface area contributed by atoms with Gasteiger partial charge in [0.1, 0.15) is 5.69 Å². The van der Waals surface area contributed by atoms with Gasteiger partial charge in [-0.1, -0.05) is 39.1 Å². The summed E-state index contributed by atoms with van der Waals surface area (Å²) in [6, 6.07) is 11.5. The second-order valence-corrected chi connectivity index (χ2v) is 8.45. The van der Waals surface area contributed by atoms with E-state index in [4.69, 9.17) is 27.9 Å². The molecule has 0 bridgehead atoms. The summed E-state index contributed by atoms with van der Waals surface area (Å²) >= 11 is 15.4. The number of amides is 3. The zero-order chi connectivity index (χ0) is 23.3. The number of fused-ring (bicyclic) bond motifs is 1. The molecule has 1 aromatic heterocycles. The maximum atomic E-state index is 13.0. The first-order valence-electron chi connectivity index (χ1n) is 9.45. The number of benzene rings is 2. The summed E-state index contributed by atoms with van der Waals surface area (Å²) in [6.45, 7) is 0.735. The molecule has 3 rings (SSSR count). The van der Waals surface area contributed by atoms with Gasteiger partial charge in [-0.3, -0.25) is 19.8 Å². The van der Waals surface area contributed by atoms with Gasteiger partial charge in [-0.15, -0.1) is 0 Å². The lowest BCUT2D eigenvalue weighted by Crippen LogP contribution is -2.40. The average molecular weight is 542 g/mol. The molecule has 1 heterocycles. The number of carbonyl (C=O) groups excluding carboxylic acids is 3. The number of nitrogens with one attached hydrogen (secondary N) is 3. The number of carbonyl (C=O) groups is 3. The van der Waals surface area contributed by atoms with Gasteiger partial charge in [0.15, 0.2) is 0 Å². The zero-order valence-electron chi connectivity index (χ0n) is 16.9. The number of rotatable bonds is 7. The molecule has 0 saturated carbocycles. The van der Waals surface area contributed by atoms with Gasteiger partial charge in [0, 0.05) is 35.1 Å². The molecule has 0 spiro atoms. The molecule has 0 unspecified atom stereocenters. The second kappa shape index (κ2) is 10.8. The molecule has 0 fully saturated rings. The van der Waals surface area contributed by atoms with Gasteiger partial charge in [-0.05, 0) is 48.9 Å². The van der Waals surface area contributed by atoms with Crippen LogP contribution in [0.3, 0.4) is 0 Å². The summed E-state index contributed by atoms with van der Waals surface area (Å²) in [6.07, 6.45) is 0.561. The Labute approximate surface area is 202 Å². The van der Waals surface area contributed by atoms with Crippen molar-refractivity contribution in [1.82, 2.24) is 9.99 Å². The van der Waals surface area contributed by atoms with Crippen LogP contribution in [0.4, 0.5) is 5.69 Å². The molecule has 2 aromatic carbocycles. The lowest BCUT2D eigenvalue weighted by molar-refractivity contribution is -0.136. The fourth-order valence-electron chi connectivity index (χ4n) is 2.90. The van der Waals surface area contributed by atoms with Gasteiger partial charge in [0.2, 0.25) is 0 Å². The van der Waals surface area contributed by atoms with Crippen molar-refractivity contribution in [2.75, 3.05) is 31.0 Å². The standard InChI is InChI=1S/C21H19BrCl2N4O4/c1-32-8-2-7-25-20(30)21(31)27-28-17-6-3-13(22)9-12(17)10-18(28)19(29)26-16-5-4-14(23)11-15(16)24/h3-6,9-11H,2,7-8H2,1H3,(H,25,30)(H,26,29)(H,27,31). The summed E-state index contributed by atoms with van der Waals surface area (Å²) in [5, 5.41) is 6.56. The van der Waals surface area contributed by atoms with E-state index in [2.05, 4.69) is 32.0 Å². The van der Waals surface area contributed by atoms with Gasteiger partial charge in [-0.2, -0.15) is 0 Å². The highest BCUT2D eigenvalue weighted by molar-refractivity contribution is 9.10. The van der Waals surface area contributed by atoms with Gasteiger partial charge in [-0.25, -0.2) is 4.68 Å². The summed E-state index contributed by atoms with van der Waals surface area (Å²) < 4.78 is 6.96. The Balaban J connectivity index is 1.87. The largest absolute Gasteiger partial charge is 0.385 e. The minimum Gasteiger partial charge on any atom is -0.385 e. The Hall–Kier alpha value is -2.59. The van der Waals surface area contributed by atoms with Crippen LogP contribution in [0.1, 0.15) is 16.9 Å². The number of methoxy groups -OCH3 is 1. The van der Waals surface area contributed by atoms with Crippen molar-refractivity contribution in [3.8, 4) is 0 Å². The highest BCUT2D eigenvalue weighted by atomic mass is 79.9. The SMILES string of the molecule is COCCCNC(=O)C(=O)Nn1c(C(=O)Nc2ccc(Cl)cc2Cl)cc2cc(Br)ccc21. The molecule has 3 amide bonds. The van der Waals surface area contributed by atoms with Crippen molar-refractivity contribution in [2.24, 2.45) is 0 Å². The van der Waals surface area contributed by atoms with E-state index >= 15 is 0 Å². The molecule has 11 heteroatoms. The average Bonchev–Trinajstić information content (AvgIpc) is 3.10. The summed E-state index contributed by atoms with van der Waals surface area (Å²) in [7, 11) is 1.55. The van der Waals surface area contributed by atoms with Crippen LogP contribution in [0, 0.1) is 0 Å². The Morgan fingerprint density at radius 3 is 2.56 bits per heavy atom. The van der Waals surface area contributed by atoms with Crippen LogP contribution in [0.2, 0.25) is 10.0 Å². The highest BCUT2D eigenvalue weighted by Gasteiger charge is 2.21.